The third-order valence-electron chi connectivity index (χ3n) is 9.47. The van der Waals surface area contributed by atoms with E-state index in [1.165, 1.54) is 0 Å². The average molecular weight is 635 g/mol. The van der Waals surface area contributed by atoms with Crippen LogP contribution >= 0.6 is 0 Å². The van der Waals surface area contributed by atoms with E-state index >= 15 is 0 Å². The predicted octanol–water partition coefficient (Wildman–Crippen LogP) is 6.88. The van der Waals surface area contributed by atoms with Crippen LogP contribution in [-0.2, 0) is 10.3 Å². The van der Waals surface area contributed by atoms with Crippen molar-refractivity contribution in [3.63, 3.8) is 0 Å². The summed E-state index contributed by atoms with van der Waals surface area (Å²) in [5.41, 5.74) is 3.43. The number of ether oxygens (including phenoxy) is 1. The zero-order chi connectivity index (χ0) is 32.9. The van der Waals surface area contributed by atoms with Crippen molar-refractivity contribution in [3.05, 3.63) is 174 Å². The van der Waals surface area contributed by atoms with Gasteiger partial charge >= 0.3 is 0 Å². The molecule has 7 nitrogen and oxygen atoms in total. The summed E-state index contributed by atoms with van der Waals surface area (Å²) < 4.78 is 7.51. The summed E-state index contributed by atoms with van der Waals surface area (Å²) in [6.07, 6.45) is 4.24. The van der Waals surface area contributed by atoms with E-state index in [0.717, 1.165) is 27.5 Å². The highest BCUT2D eigenvalue weighted by Crippen LogP contribution is 2.41. The number of methoxy groups -OCH3 is 1. The molecule has 0 saturated carbocycles. The van der Waals surface area contributed by atoms with Crippen molar-refractivity contribution in [3.8, 4) is 0 Å². The number of piperazine rings is 1. The van der Waals surface area contributed by atoms with Crippen molar-refractivity contribution in [2.75, 3.05) is 33.4 Å². The fourth-order valence-electron chi connectivity index (χ4n) is 7.14. The van der Waals surface area contributed by atoms with Gasteiger partial charge in [0.25, 0.3) is 11.8 Å². The minimum Gasteiger partial charge on any atom is -0.385 e. The van der Waals surface area contributed by atoms with E-state index in [9.17, 15) is 9.59 Å². The quantitative estimate of drug-likeness (QED) is 0.163. The Labute approximate surface area is 281 Å². The topological polar surface area (TPSA) is 67.7 Å². The van der Waals surface area contributed by atoms with Crippen LogP contribution in [-0.4, -0.2) is 70.6 Å². The molecule has 0 spiro atoms. The Morgan fingerprint density at radius 1 is 0.729 bits per heavy atom. The largest absolute Gasteiger partial charge is 0.385 e. The summed E-state index contributed by atoms with van der Waals surface area (Å²) >= 11 is 0. The molecule has 1 aliphatic heterocycles. The van der Waals surface area contributed by atoms with Crippen LogP contribution in [0.5, 0.6) is 0 Å². The van der Waals surface area contributed by atoms with E-state index in [-0.39, 0.29) is 17.9 Å². The number of aromatic nitrogens is 2. The van der Waals surface area contributed by atoms with E-state index in [2.05, 4.69) is 41.0 Å². The van der Waals surface area contributed by atoms with Gasteiger partial charge in [-0.25, -0.2) is 4.98 Å². The molecule has 5 aromatic carbocycles. The Hall–Kier alpha value is -5.53. The average Bonchev–Trinajstić information content (AvgIpc) is 3.65. The smallest absolute Gasteiger partial charge is 0.274 e. The van der Waals surface area contributed by atoms with Gasteiger partial charge in [-0.3, -0.25) is 9.59 Å². The monoisotopic (exact) mass is 634 g/mol. The molecule has 0 N–H and O–H groups in total. The maximum atomic E-state index is 14.4. The molecule has 0 unspecified atom stereocenters. The normalized spacial score (nSPS) is 15.1. The van der Waals surface area contributed by atoms with E-state index in [0.29, 0.717) is 43.9 Å². The van der Waals surface area contributed by atoms with E-state index in [4.69, 9.17) is 9.72 Å². The van der Waals surface area contributed by atoms with Crippen molar-refractivity contribution in [2.24, 2.45) is 0 Å². The van der Waals surface area contributed by atoms with Gasteiger partial charge in [-0.05, 0) is 39.9 Å². The number of imidazole rings is 1. The van der Waals surface area contributed by atoms with Gasteiger partial charge in [-0.15, -0.1) is 0 Å². The van der Waals surface area contributed by atoms with Gasteiger partial charge in [0.05, 0.1) is 12.4 Å². The van der Waals surface area contributed by atoms with Crippen LogP contribution in [0.15, 0.2) is 146 Å². The highest BCUT2D eigenvalue weighted by Gasteiger charge is 2.40. The van der Waals surface area contributed by atoms with Gasteiger partial charge in [-0.2, -0.15) is 0 Å². The van der Waals surface area contributed by atoms with Gasteiger partial charge < -0.3 is 19.1 Å². The SMILES string of the molecule is COCC[C@H]1CN(C(=O)c2cccc3ccccc23)CCN1C(=O)c1cn(C(c2ccccc2)(c2ccccc2)c2ccccc2)cn1. The predicted molar refractivity (Wildman–Crippen MR) is 188 cm³/mol. The van der Waals surface area contributed by atoms with Crippen molar-refractivity contribution in [1.82, 2.24) is 19.4 Å². The fraction of sp³-hybridized carbons (Fsp3) is 0.195. The Bertz CT molecular complexity index is 1910. The molecule has 7 heteroatoms. The van der Waals surface area contributed by atoms with E-state index < -0.39 is 5.54 Å². The third kappa shape index (κ3) is 5.67. The molecule has 2 amide bonds. The molecular weight excluding hydrogens is 596 g/mol. The number of hydrogen-bond acceptors (Lipinski definition) is 4. The first kappa shape index (κ1) is 31.1. The summed E-state index contributed by atoms with van der Waals surface area (Å²) in [4.78, 5) is 36.7. The Balaban J connectivity index is 1.23. The van der Waals surface area contributed by atoms with E-state index in [1.54, 1.807) is 13.4 Å². The number of carbonyl (C=O) groups excluding carboxylic acids is 2. The molecule has 1 aliphatic rings. The second-order valence-electron chi connectivity index (χ2n) is 12.2. The number of nitrogens with zero attached hydrogens (tertiary/aromatic N) is 4. The van der Waals surface area contributed by atoms with Crippen LogP contribution in [0.3, 0.4) is 0 Å². The summed E-state index contributed by atoms with van der Waals surface area (Å²) in [5.74, 6) is -0.181. The first-order valence-electron chi connectivity index (χ1n) is 16.4. The first-order chi connectivity index (χ1) is 23.6. The maximum Gasteiger partial charge on any atom is 0.274 e. The molecule has 0 radical (unpaired) electrons. The van der Waals surface area contributed by atoms with Crippen LogP contribution < -0.4 is 0 Å². The second kappa shape index (κ2) is 13.7. The minimum atomic E-state index is -0.770. The minimum absolute atomic E-state index is 0.0241. The highest BCUT2D eigenvalue weighted by atomic mass is 16.5. The van der Waals surface area contributed by atoms with Crippen molar-refractivity contribution >= 4 is 22.6 Å². The molecule has 0 aliphatic carbocycles. The summed E-state index contributed by atoms with van der Waals surface area (Å²) in [6.45, 7) is 1.72. The zero-order valence-corrected chi connectivity index (χ0v) is 27.0. The molecule has 1 saturated heterocycles. The Kier molecular flexibility index (Phi) is 8.86. The number of benzene rings is 5. The maximum absolute atomic E-state index is 14.4. The van der Waals surface area contributed by atoms with Crippen molar-refractivity contribution in [1.29, 1.82) is 0 Å². The van der Waals surface area contributed by atoms with Crippen LogP contribution in [0.25, 0.3) is 10.8 Å². The molecule has 240 valence electrons. The number of amides is 2. The summed E-state index contributed by atoms with van der Waals surface area (Å²) in [7, 11) is 1.66. The molecule has 7 rings (SSSR count). The molecule has 2 heterocycles. The lowest BCUT2D eigenvalue weighted by molar-refractivity contribution is 0.0320. The van der Waals surface area contributed by atoms with Gasteiger partial charge in [0.2, 0.25) is 0 Å². The van der Waals surface area contributed by atoms with Crippen LogP contribution in [0.2, 0.25) is 0 Å². The number of fused-ring (bicyclic) bond motifs is 1. The van der Waals surface area contributed by atoms with E-state index in [1.807, 2.05) is 113 Å². The molecular formula is C41H38N4O3. The third-order valence-corrected chi connectivity index (χ3v) is 9.47. The summed E-state index contributed by atoms with van der Waals surface area (Å²) in [5, 5.41) is 1.96. The molecule has 48 heavy (non-hydrogen) atoms. The second-order valence-corrected chi connectivity index (χ2v) is 12.2. The Morgan fingerprint density at radius 2 is 1.31 bits per heavy atom. The Morgan fingerprint density at radius 3 is 1.94 bits per heavy atom. The molecule has 1 aromatic heterocycles. The van der Waals surface area contributed by atoms with Gasteiger partial charge in [-0.1, -0.05) is 127 Å². The lowest BCUT2D eigenvalue weighted by atomic mass is 9.77. The number of carbonyl (C=O) groups is 2. The van der Waals surface area contributed by atoms with Crippen LogP contribution in [0.1, 0.15) is 44.0 Å². The molecule has 6 aromatic rings. The van der Waals surface area contributed by atoms with Crippen LogP contribution in [0, 0.1) is 0 Å². The number of hydrogen-bond donors (Lipinski definition) is 0. The molecule has 1 fully saturated rings. The van der Waals surface area contributed by atoms with Gasteiger partial charge in [0.1, 0.15) is 11.2 Å². The first-order valence-corrected chi connectivity index (χ1v) is 16.4. The standard InChI is InChI=1S/C41H38N4O3/c1-48-27-24-35-28-43(39(46)37-23-13-15-31-14-11-12-22-36(31)37)25-26-45(35)40(47)38-29-44(30-42-38)41(32-16-5-2-6-17-32,33-18-7-3-8-19-33)34-20-9-4-10-21-34/h2-23,29-30,35H,24-28H2,1H3/t35-/m0/s1. The summed E-state index contributed by atoms with van der Waals surface area (Å²) in [6, 6.07) is 44.5. The zero-order valence-electron chi connectivity index (χ0n) is 27.0. The van der Waals surface area contributed by atoms with Crippen LogP contribution in [0.4, 0.5) is 0 Å². The van der Waals surface area contributed by atoms with Crippen molar-refractivity contribution < 1.29 is 14.3 Å². The lowest BCUT2D eigenvalue weighted by Gasteiger charge is -2.41. The fourth-order valence-corrected chi connectivity index (χ4v) is 7.14. The molecule has 0 bridgehead atoms. The lowest BCUT2D eigenvalue weighted by Crippen LogP contribution is -2.57. The van der Waals surface area contributed by atoms with Crippen molar-refractivity contribution in [2.45, 2.75) is 18.0 Å². The van der Waals surface area contributed by atoms with Gasteiger partial charge in [0.15, 0.2) is 0 Å². The number of rotatable bonds is 9. The molecule has 1 atom stereocenters. The highest BCUT2D eigenvalue weighted by molar-refractivity contribution is 6.07. The van der Waals surface area contributed by atoms with Gasteiger partial charge in [0, 0.05) is 45.1 Å².